The molecule has 0 aliphatic rings. The molecule has 5 rings (SSSR count). The van der Waals surface area contributed by atoms with Crippen LogP contribution < -0.4 is 25.5 Å². The Morgan fingerprint density at radius 2 is 0.391 bits per heavy atom. The Bertz CT molecular complexity index is 1300. The maximum absolute atomic E-state index is 10.6. The zero-order chi connectivity index (χ0) is 34.3. The molecule has 0 spiro atoms. The van der Waals surface area contributed by atoms with E-state index in [1.54, 1.807) is 60.7 Å². The summed E-state index contributed by atoms with van der Waals surface area (Å²) in [7, 11) is 0. The van der Waals surface area contributed by atoms with Crippen molar-refractivity contribution in [3.05, 3.63) is 141 Å². The third-order valence-corrected chi connectivity index (χ3v) is 8.59. The van der Waals surface area contributed by atoms with Gasteiger partial charge in [-0.15, -0.1) is 0 Å². The third kappa shape index (κ3) is 15.7. The SMILES string of the molecule is [O-]c1cccc(Cl)c1Cl.[O-]c1cccc(Cl)c1Cl.[O-]c1cccc(Cl)c1Cl.[O-]c1cccc(Cl)c1Cl.[O-]c1cccc(Cl)c1Cl.[V+5]. The van der Waals surface area contributed by atoms with Gasteiger partial charge in [0.15, 0.2) is 0 Å². The summed E-state index contributed by atoms with van der Waals surface area (Å²) in [4.78, 5) is 0. The summed E-state index contributed by atoms with van der Waals surface area (Å²) in [6.45, 7) is 0. The van der Waals surface area contributed by atoms with Crippen LogP contribution in [0.3, 0.4) is 0 Å². The van der Waals surface area contributed by atoms with Gasteiger partial charge in [-0.2, -0.15) is 0 Å². The van der Waals surface area contributed by atoms with Crippen LogP contribution in [0.15, 0.2) is 91.0 Å². The summed E-state index contributed by atoms with van der Waals surface area (Å²) in [6, 6.07) is 22.5. The van der Waals surface area contributed by atoms with Crippen molar-refractivity contribution in [2.24, 2.45) is 0 Å². The van der Waals surface area contributed by atoms with E-state index in [0.29, 0.717) is 25.1 Å². The molecule has 0 fully saturated rings. The smallest absolute Gasteiger partial charge is 0.871 e. The van der Waals surface area contributed by atoms with Crippen LogP contribution in [-0.2, 0) is 18.6 Å². The molecule has 46 heavy (non-hydrogen) atoms. The van der Waals surface area contributed by atoms with Crippen molar-refractivity contribution in [3.63, 3.8) is 0 Å². The molecular formula is C30H15Cl10O5V. The zero-order valence-electron chi connectivity index (χ0n) is 22.4. The van der Waals surface area contributed by atoms with Gasteiger partial charge < -0.3 is 25.5 Å². The first-order valence-corrected chi connectivity index (χ1v) is 15.4. The molecule has 0 amide bonds. The summed E-state index contributed by atoms with van der Waals surface area (Å²) < 4.78 is 0. The minimum Gasteiger partial charge on any atom is -0.871 e. The van der Waals surface area contributed by atoms with Crippen LogP contribution in [0.2, 0.25) is 50.2 Å². The molecule has 0 bridgehead atoms. The molecule has 0 aromatic heterocycles. The first kappa shape index (κ1) is 44.6. The number of halogens is 10. The van der Waals surface area contributed by atoms with Crippen molar-refractivity contribution in [1.82, 2.24) is 0 Å². The third-order valence-electron chi connectivity index (χ3n) is 4.58. The standard InChI is InChI=1S/5C6H4Cl2O.V/c5*7-4-2-1-3-5(9)6(4)8;/h5*1-3,9H;/q;;;;;+5/p-5. The molecule has 5 aromatic carbocycles. The second kappa shape index (κ2) is 23.0. The van der Waals surface area contributed by atoms with E-state index in [1.165, 1.54) is 30.3 Å². The van der Waals surface area contributed by atoms with Gasteiger partial charge in [0.25, 0.3) is 0 Å². The van der Waals surface area contributed by atoms with E-state index in [2.05, 4.69) is 0 Å². The van der Waals surface area contributed by atoms with Gasteiger partial charge in [-0.3, -0.25) is 0 Å². The largest absolute Gasteiger partial charge is 5.00 e. The predicted molar refractivity (Wildman–Crippen MR) is 180 cm³/mol. The fraction of sp³-hybridized carbons (Fsp3) is 0. The Labute approximate surface area is 327 Å². The molecule has 0 heterocycles. The van der Waals surface area contributed by atoms with E-state index in [-0.39, 0.29) is 72.4 Å². The van der Waals surface area contributed by atoms with E-state index in [1.807, 2.05) is 0 Å². The van der Waals surface area contributed by atoms with Crippen LogP contribution in [0, 0.1) is 0 Å². The number of hydrogen-bond acceptors (Lipinski definition) is 5. The van der Waals surface area contributed by atoms with Crippen LogP contribution >= 0.6 is 116 Å². The molecule has 240 valence electrons. The van der Waals surface area contributed by atoms with Crippen molar-refractivity contribution >= 4 is 116 Å². The van der Waals surface area contributed by atoms with Crippen LogP contribution in [0.1, 0.15) is 0 Å². The van der Waals surface area contributed by atoms with E-state index >= 15 is 0 Å². The maximum atomic E-state index is 10.6. The minimum absolute atomic E-state index is 0. The second-order valence-corrected chi connectivity index (χ2v) is 11.7. The van der Waals surface area contributed by atoms with E-state index in [9.17, 15) is 25.5 Å². The van der Waals surface area contributed by atoms with Crippen molar-refractivity contribution in [1.29, 1.82) is 0 Å². The van der Waals surface area contributed by atoms with Crippen molar-refractivity contribution in [3.8, 4) is 28.7 Å². The van der Waals surface area contributed by atoms with Gasteiger partial charge >= 0.3 is 18.6 Å². The number of hydrogen-bond donors (Lipinski definition) is 0. The van der Waals surface area contributed by atoms with Crippen LogP contribution in [-0.4, -0.2) is 0 Å². The minimum atomic E-state index is -0.232. The van der Waals surface area contributed by atoms with E-state index in [0.717, 1.165) is 0 Å². The molecule has 5 nitrogen and oxygen atoms in total. The molecule has 0 N–H and O–H groups in total. The summed E-state index contributed by atoms with van der Waals surface area (Å²) in [5, 5.41) is 55.1. The zero-order valence-corrected chi connectivity index (χ0v) is 31.4. The van der Waals surface area contributed by atoms with Crippen LogP contribution in [0.5, 0.6) is 28.7 Å². The van der Waals surface area contributed by atoms with Crippen LogP contribution in [0.4, 0.5) is 0 Å². The van der Waals surface area contributed by atoms with Gasteiger partial charge in [0, 0.05) is 0 Å². The van der Waals surface area contributed by atoms with E-state index < -0.39 is 0 Å². The Morgan fingerprint density at radius 1 is 0.261 bits per heavy atom. The molecule has 5 aromatic rings. The normalized spacial score (nSPS) is 9.35. The quantitative estimate of drug-likeness (QED) is 0.154. The van der Waals surface area contributed by atoms with E-state index in [4.69, 9.17) is 116 Å². The first-order valence-electron chi connectivity index (χ1n) is 11.6. The Hall–Kier alpha value is -1.42. The molecule has 0 radical (unpaired) electrons. The number of rotatable bonds is 0. The average Bonchev–Trinajstić information content (AvgIpc) is 3.00. The number of benzene rings is 5. The van der Waals surface area contributed by atoms with Gasteiger partial charge in [0.2, 0.25) is 0 Å². The summed E-state index contributed by atoms with van der Waals surface area (Å²) in [5.74, 6) is -1.16. The molecule has 0 aliphatic heterocycles. The van der Waals surface area contributed by atoms with Gasteiger partial charge in [0.1, 0.15) is 0 Å². The predicted octanol–water partition coefficient (Wildman–Crippen LogP) is 10.3. The van der Waals surface area contributed by atoms with Gasteiger partial charge in [-0.1, -0.05) is 205 Å². The monoisotopic (exact) mass is 856 g/mol. The van der Waals surface area contributed by atoms with Crippen molar-refractivity contribution in [2.45, 2.75) is 0 Å². The molecular weight excluding hydrogens is 846 g/mol. The average molecular weight is 861 g/mol. The Morgan fingerprint density at radius 3 is 0.478 bits per heavy atom. The molecule has 0 aliphatic carbocycles. The first-order chi connectivity index (χ1) is 21.1. The maximum Gasteiger partial charge on any atom is 5.00 e. The van der Waals surface area contributed by atoms with Gasteiger partial charge in [0.05, 0.1) is 50.2 Å². The summed E-state index contributed by atoms with van der Waals surface area (Å²) in [5.41, 5.74) is 0. The Kier molecular flexibility index (Phi) is 22.3. The molecule has 0 saturated carbocycles. The fourth-order valence-corrected chi connectivity index (χ4v) is 3.88. The van der Waals surface area contributed by atoms with Gasteiger partial charge in [-0.05, 0) is 30.3 Å². The van der Waals surface area contributed by atoms with Gasteiger partial charge in [-0.25, -0.2) is 0 Å². The fourth-order valence-electron chi connectivity index (χ4n) is 2.42. The Balaban J connectivity index is 0.000000547. The molecule has 0 unspecified atom stereocenters. The molecule has 0 saturated heterocycles. The topological polar surface area (TPSA) is 115 Å². The molecule has 16 heteroatoms. The summed E-state index contributed by atoms with van der Waals surface area (Å²) >= 11 is 54.6. The van der Waals surface area contributed by atoms with Crippen molar-refractivity contribution < 1.29 is 44.1 Å². The van der Waals surface area contributed by atoms with Crippen molar-refractivity contribution in [2.75, 3.05) is 0 Å². The molecule has 0 atom stereocenters. The van der Waals surface area contributed by atoms with Crippen LogP contribution in [0.25, 0.3) is 0 Å². The second-order valence-electron chi connectivity index (χ2n) is 7.76. The summed E-state index contributed by atoms with van der Waals surface area (Å²) in [6.07, 6.45) is 0.